The van der Waals surface area contributed by atoms with E-state index in [0.29, 0.717) is 5.70 Å². The van der Waals surface area contributed by atoms with Gasteiger partial charge in [-0.25, -0.2) is 0 Å². The molecule has 0 aliphatic carbocycles. The van der Waals surface area contributed by atoms with Crippen molar-refractivity contribution in [3.05, 3.63) is 29.7 Å². The zero-order valence-electron chi connectivity index (χ0n) is 7.23. The van der Waals surface area contributed by atoms with Crippen LogP contribution >= 0.6 is 11.9 Å². The van der Waals surface area contributed by atoms with Crippen LogP contribution in [0.3, 0.4) is 0 Å². The average molecular weight is 208 g/mol. The first-order chi connectivity index (χ1) is 6.75. The Morgan fingerprint density at radius 1 is 1.64 bits per heavy atom. The van der Waals surface area contributed by atoms with Gasteiger partial charge in [0, 0.05) is 11.9 Å². The smallest absolute Gasteiger partial charge is 0.309 e. The summed E-state index contributed by atoms with van der Waals surface area (Å²) >= 11 is 1.39. The maximum Gasteiger partial charge on any atom is 0.309 e. The number of hydrogen-bond acceptors (Lipinski definition) is 4. The number of aliphatic carboxylic acids is 1. The highest BCUT2D eigenvalue weighted by atomic mass is 32.2. The Kier molecular flexibility index (Phi) is 2.41. The Morgan fingerprint density at radius 3 is 3.29 bits per heavy atom. The van der Waals surface area contributed by atoms with Crippen LogP contribution in [0.4, 0.5) is 0 Å². The number of nitrogens with zero attached hydrogens (tertiary/aromatic N) is 1. The van der Waals surface area contributed by atoms with Gasteiger partial charge in [-0.1, -0.05) is 0 Å². The molecule has 5 heteroatoms. The Labute approximate surface area is 85.2 Å². The highest BCUT2D eigenvalue weighted by molar-refractivity contribution is 7.97. The molecule has 0 atom stereocenters. The molecule has 2 rings (SSSR count). The van der Waals surface area contributed by atoms with Gasteiger partial charge in [0.2, 0.25) is 0 Å². The van der Waals surface area contributed by atoms with E-state index in [1.54, 1.807) is 12.3 Å². The summed E-state index contributed by atoms with van der Waals surface area (Å²) in [6.45, 7) is 0. The summed E-state index contributed by atoms with van der Waals surface area (Å²) in [4.78, 5) is 15.6. The Balaban J connectivity index is 2.26. The number of nitrogens with one attached hydrogen (secondary N) is 1. The van der Waals surface area contributed by atoms with E-state index in [0.717, 1.165) is 10.6 Å². The molecule has 0 unspecified atom stereocenters. The van der Waals surface area contributed by atoms with E-state index >= 15 is 0 Å². The predicted octanol–water partition coefficient (Wildman–Crippen LogP) is 1.51. The van der Waals surface area contributed by atoms with Crippen molar-refractivity contribution in [1.29, 1.82) is 0 Å². The molecule has 0 aromatic carbocycles. The summed E-state index contributed by atoms with van der Waals surface area (Å²) in [6, 6.07) is 3.79. The molecular weight excluding hydrogens is 200 g/mol. The zero-order valence-corrected chi connectivity index (χ0v) is 8.04. The highest BCUT2D eigenvalue weighted by Gasteiger charge is 2.12. The first-order valence-electron chi connectivity index (χ1n) is 4.06. The Hall–Kier alpha value is -1.49. The van der Waals surface area contributed by atoms with Gasteiger partial charge < -0.3 is 9.83 Å². The molecule has 0 bridgehead atoms. The summed E-state index contributed by atoms with van der Waals surface area (Å²) in [5.41, 5.74) is 1.50. The van der Waals surface area contributed by atoms with Gasteiger partial charge in [0.1, 0.15) is 0 Å². The summed E-state index contributed by atoms with van der Waals surface area (Å²) in [6.07, 6.45) is 3.46. The molecule has 0 amide bonds. The summed E-state index contributed by atoms with van der Waals surface area (Å²) in [5, 5.41) is 8.60. The monoisotopic (exact) mass is 208 g/mol. The largest absolute Gasteiger partial charge is 0.481 e. The van der Waals surface area contributed by atoms with Crippen molar-refractivity contribution in [2.45, 2.75) is 11.3 Å². The number of carboxylic acids is 1. The molecule has 2 N–H and O–H groups in total. The molecule has 1 aliphatic rings. The molecule has 72 valence electrons. The number of hydrogen-bond donors (Lipinski definition) is 2. The van der Waals surface area contributed by atoms with Crippen molar-refractivity contribution in [3.8, 4) is 0 Å². The third kappa shape index (κ3) is 1.88. The van der Waals surface area contributed by atoms with Gasteiger partial charge in [-0.2, -0.15) is 0 Å². The number of rotatable bonds is 2. The topological polar surface area (TPSA) is 62.2 Å². The van der Waals surface area contributed by atoms with Crippen LogP contribution < -0.4 is 4.72 Å². The van der Waals surface area contributed by atoms with Crippen LogP contribution in [0.15, 0.2) is 28.9 Å². The minimum absolute atomic E-state index is 0.00299. The third-order valence-electron chi connectivity index (χ3n) is 1.74. The minimum atomic E-state index is -0.844. The molecular formula is C9H8N2O2S. The van der Waals surface area contributed by atoms with Crippen molar-refractivity contribution < 1.29 is 9.90 Å². The molecule has 0 spiro atoms. The van der Waals surface area contributed by atoms with E-state index in [1.807, 2.05) is 12.1 Å². The molecule has 1 aromatic rings. The van der Waals surface area contributed by atoms with E-state index in [4.69, 9.17) is 5.11 Å². The van der Waals surface area contributed by atoms with Crippen molar-refractivity contribution in [2.75, 3.05) is 0 Å². The summed E-state index contributed by atoms with van der Waals surface area (Å²) in [5.74, 6) is -0.844. The first kappa shape index (κ1) is 9.08. The maximum absolute atomic E-state index is 10.5. The van der Waals surface area contributed by atoms with Crippen molar-refractivity contribution in [1.82, 2.24) is 9.71 Å². The summed E-state index contributed by atoms with van der Waals surface area (Å²) < 4.78 is 2.96. The highest BCUT2D eigenvalue weighted by Crippen LogP contribution is 2.26. The second-order valence-corrected chi connectivity index (χ2v) is 3.68. The van der Waals surface area contributed by atoms with Crippen LogP contribution in [-0.2, 0) is 4.79 Å². The molecule has 0 saturated heterocycles. The molecule has 1 aliphatic heterocycles. The van der Waals surface area contributed by atoms with Crippen molar-refractivity contribution in [2.24, 2.45) is 0 Å². The fraction of sp³-hybridized carbons (Fsp3) is 0.111. The number of aromatic nitrogens is 1. The lowest BCUT2D eigenvalue weighted by molar-refractivity contribution is -0.136. The average Bonchev–Trinajstić information content (AvgIpc) is 2.17. The van der Waals surface area contributed by atoms with Crippen LogP contribution in [-0.4, -0.2) is 16.1 Å². The first-order valence-corrected chi connectivity index (χ1v) is 4.87. The molecule has 2 heterocycles. The van der Waals surface area contributed by atoms with E-state index in [9.17, 15) is 4.79 Å². The zero-order chi connectivity index (χ0) is 9.97. The van der Waals surface area contributed by atoms with Crippen LogP contribution in [0.1, 0.15) is 12.1 Å². The maximum atomic E-state index is 10.5. The fourth-order valence-corrected chi connectivity index (χ4v) is 1.90. The third-order valence-corrected chi connectivity index (χ3v) is 2.67. The van der Waals surface area contributed by atoms with Crippen LogP contribution in [0.5, 0.6) is 0 Å². The quantitative estimate of drug-likeness (QED) is 0.721. The molecule has 4 nitrogen and oxygen atoms in total. The van der Waals surface area contributed by atoms with Gasteiger partial charge in [-0.3, -0.25) is 9.78 Å². The normalized spacial score (nSPS) is 13.9. The lowest BCUT2D eigenvalue weighted by Crippen LogP contribution is -2.12. The van der Waals surface area contributed by atoms with Gasteiger partial charge >= 0.3 is 5.97 Å². The van der Waals surface area contributed by atoms with Gasteiger partial charge in [0.15, 0.2) is 0 Å². The fourth-order valence-electron chi connectivity index (χ4n) is 1.16. The Bertz CT molecular complexity index is 404. The van der Waals surface area contributed by atoms with E-state index < -0.39 is 5.97 Å². The minimum Gasteiger partial charge on any atom is -0.481 e. The number of pyridine rings is 1. The molecule has 14 heavy (non-hydrogen) atoms. The van der Waals surface area contributed by atoms with Crippen LogP contribution in [0, 0.1) is 0 Å². The van der Waals surface area contributed by atoms with Gasteiger partial charge in [0.25, 0.3) is 0 Å². The van der Waals surface area contributed by atoms with E-state index in [2.05, 4.69) is 9.71 Å². The van der Waals surface area contributed by atoms with Crippen LogP contribution in [0.2, 0.25) is 0 Å². The lowest BCUT2D eigenvalue weighted by atomic mass is 10.2. The molecule has 1 aromatic heterocycles. The van der Waals surface area contributed by atoms with Crippen LogP contribution in [0.25, 0.3) is 6.08 Å². The lowest BCUT2D eigenvalue weighted by Gasteiger charge is -2.15. The van der Waals surface area contributed by atoms with Crippen molar-refractivity contribution >= 4 is 24.0 Å². The Morgan fingerprint density at radius 2 is 2.50 bits per heavy atom. The summed E-state index contributed by atoms with van der Waals surface area (Å²) in [7, 11) is 0. The van der Waals surface area contributed by atoms with Gasteiger partial charge in [-0.15, -0.1) is 0 Å². The van der Waals surface area contributed by atoms with Gasteiger partial charge in [0.05, 0.1) is 17.0 Å². The number of carboxylic acid groups (broad SMARTS) is 1. The number of carbonyl (C=O) groups is 1. The van der Waals surface area contributed by atoms with Crippen molar-refractivity contribution in [3.63, 3.8) is 0 Å². The van der Waals surface area contributed by atoms with Gasteiger partial charge in [-0.05, 0) is 30.2 Å². The SMILES string of the molecule is O=C(O)CC1=Cc2ncccc2SN1. The standard InChI is InChI=1S/C9H8N2O2S/c12-9(13)5-6-4-7-8(14-11-6)2-1-3-10-7/h1-4,11H,5H2,(H,12,13). The van der Waals surface area contributed by atoms with E-state index in [-0.39, 0.29) is 6.42 Å². The molecule has 0 fully saturated rings. The molecule has 0 saturated carbocycles. The second kappa shape index (κ2) is 3.71. The molecule has 0 radical (unpaired) electrons. The van der Waals surface area contributed by atoms with E-state index in [1.165, 1.54) is 11.9 Å². The second-order valence-electron chi connectivity index (χ2n) is 2.83. The number of fused-ring (bicyclic) bond motifs is 1. The predicted molar refractivity (Wildman–Crippen MR) is 53.5 cm³/mol.